The van der Waals surface area contributed by atoms with Crippen LogP contribution in [0.15, 0.2) is 42.6 Å². The lowest BCUT2D eigenvalue weighted by atomic mass is 9.94. The molecule has 0 bridgehead atoms. The quantitative estimate of drug-likeness (QED) is 0.399. The van der Waals surface area contributed by atoms with E-state index in [1.54, 1.807) is 26.0 Å². The van der Waals surface area contributed by atoms with E-state index < -0.39 is 11.0 Å². The minimum atomic E-state index is -0.928. The maximum atomic E-state index is 12.2. The van der Waals surface area contributed by atoms with E-state index in [9.17, 15) is 25.1 Å². The number of aromatic nitrogens is 1. The largest absolute Gasteiger partial charge is 0.505 e. The lowest BCUT2D eigenvalue weighted by molar-refractivity contribution is -0.383. The van der Waals surface area contributed by atoms with Crippen molar-refractivity contribution in [2.24, 2.45) is 0 Å². The molecule has 0 saturated carbocycles. The Balaban J connectivity index is 2.26. The van der Waals surface area contributed by atoms with Gasteiger partial charge >= 0.3 is 0 Å². The van der Waals surface area contributed by atoms with E-state index in [0.29, 0.717) is 12.2 Å². The molecule has 0 spiro atoms. The second-order valence-corrected chi connectivity index (χ2v) is 6.50. The summed E-state index contributed by atoms with van der Waals surface area (Å²) < 4.78 is 5.41. The summed E-state index contributed by atoms with van der Waals surface area (Å²) in [4.78, 5) is 27.4. The van der Waals surface area contributed by atoms with Gasteiger partial charge in [-0.1, -0.05) is 13.0 Å². The van der Waals surface area contributed by atoms with E-state index in [1.165, 1.54) is 30.5 Å². The summed E-state index contributed by atoms with van der Waals surface area (Å²) in [6, 6.07) is 7.81. The first-order valence-corrected chi connectivity index (χ1v) is 9.37. The smallest absolute Gasteiger partial charge is 0.279 e. The molecule has 156 valence electrons. The number of pyridine rings is 1. The summed E-state index contributed by atoms with van der Waals surface area (Å²) >= 11 is 0. The van der Waals surface area contributed by atoms with Gasteiger partial charge < -0.3 is 20.3 Å². The Kier molecular flexibility index (Phi) is 6.01. The molecule has 9 heteroatoms. The molecule has 0 radical (unpaired) electrons. The van der Waals surface area contributed by atoms with Gasteiger partial charge in [-0.25, -0.2) is 0 Å². The van der Waals surface area contributed by atoms with Crippen molar-refractivity contribution in [1.29, 1.82) is 0 Å². The van der Waals surface area contributed by atoms with E-state index in [4.69, 9.17) is 4.74 Å². The molecule has 9 nitrogen and oxygen atoms in total. The van der Waals surface area contributed by atoms with E-state index in [2.05, 4.69) is 10.3 Å². The standard InChI is InChI=1S/C21H21N3O6/c1-3-18(26)23-19(12-7-8-16(25)17(10-12)30-4-2)14-11-15(24(28)29)13-6-5-9-22-20(13)21(14)27/h5-11,19,25,27H,3-4H2,1-2H3,(H,23,26)/t19-/m1/s1. The van der Waals surface area contributed by atoms with Crippen molar-refractivity contribution in [1.82, 2.24) is 10.3 Å². The van der Waals surface area contributed by atoms with E-state index in [-0.39, 0.29) is 51.7 Å². The maximum Gasteiger partial charge on any atom is 0.279 e. The van der Waals surface area contributed by atoms with Crippen LogP contribution in [0, 0.1) is 10.1 Å². The van der Waals surface area contributed by atoms with Crippen LogP contribution in [0.3, 0.4) is 0 Å². The number of nitrogens with one attached hydrogen (secondary N) is 1. The Morgan fingerprint density at radius 1 is 1.27 bits per heavy atom. The molecule has 0 unspecified atom stereocenters. The number of ether oxygens (including phenoxy) is 1. The number of amides is 1. The number of rotatable bonds is 7. The molecule has 0 aliphatic carbocycles. The third-order valence-electron chi connectivity index (χ3n) is 4.62. The Morgan fingerprint density at radius 2 is 2.03 bits per heavy atom. The Bertz CT molecular complexity index is 1120. The summed E-state index contributed by atoms with van der Waals surface area (Å²) in [5.74, 6) is -0.493. The van der Waals surface area contributed by atoms with Crippen LogP contribution >= 0.6 is 0 Å². The van der Waals surface area contributed by atoms with Crippen LogP contribution in [0.2, 0.25) is 0 Å². The van der Waals surface area contributed by atoms with E-state index >= 15 is 0 Å². The first-order chi connectivity index (χ1) is 14.4. The number of hydrogen-bond donors (Lipinski definition) is 3. The molecule has 1 amide bonds. The zero-order chi connectivity index (χ0) is 21.8. The van der Waals surface area contributed by atoms with E-state index in [1.807, 2.05) is 0 Å². The van der Waals surface area contributed by atoms with Crippen LogP contribution in [0.25, 0.3) is 10.9 Å². The van der Waals surface area contributed by atoms with Crippen LogP contribution in [0.1, 0.15) is 37.4 Å². The predicted octanol–water partition coefficient (Wildman–Crippen LogP) is 3.57. The Morgan fingerprint density at radius 3 is 2.70 bits per heavy atom. The van der Waals surface area contributed by atoms with Crippen LogP contribution in [0.5, 0.6) is 17.2 Å². The molecular weight excluding hydrogens is 390 g/mol. The van der Waals surface area contributed by atoms with Gasteiger partial charge in [-0.2, -0.15) is 0 Å². The molecule has 1 heterocycles. The van der Waals surface area contributed by atoms with Crippen LogP contribution in [0.4, 0.5) is 5.69 Å². The highest BCUT2D eigenvalue weighted by molar-refractivity contribution is 5.94. The fourth-order valence-corrected chi connectivity index (χ4v) is 3.19. The number of fused-ring (bicyclic) bond motifs is 1. The number of nitro groups is 1. The molecule has 0 saturated heterocycles. The Hall–Kier alpha value is -3.88. The molecule has 0 aliphatic heterocycles. The summed E-state index contributed by atoms with van der Waals surface area (Å²) in [5, 5.41) is 35.5. The van der Waals surface area contributed by atoms with E-state index in [0.717, 1.165) is 0 Å². The van der Waals surface area contributed by atoms with Gasteiger partial charge in [-0.15, -0.1) is 0 Å². The molecule has 1 atom stereocenters. The molecule has 3 N–H and O–H groups in total. The highest BCUT2D eigenvalue weighted by Crippen LogP contribution is 2.40. The SMILES string of the molecule is CCOc1cc([C@@H](NC(=O)CC)c2cc([N+](=O)[O-])c3cccnc3c2O)ccc1O. The zero-order valence-corrected chi connectivity index (χ0v) is 16.5. The molecule has 2 aromatic carbocycles. The average Bonchev–Trinajstić information content (AvgIpc) is 2.74. The van der Waals surface area contributed by atoms with Crippen LogP contribution in [-0.4, -0.2) is 32.6 Å². The van der Waals surface area contributed by atoms with Gasteiger partial charge in [-0.05, 0) is 36.8 Å². The number of hydrogen-bond acceptors (Lipinski definition) is 7. The molecule has 3 rings (SSSR count). The van der Waals surface area contributed by atoms with Gasteiger partial charge in [-0.3, -0.25) is 19.9 Å². The van der Waals surface area contributed by atoms with Gasteiger partial charge in [0.25, 0.3) is 5.69 Å². The number of carbonyl (C=O) groups excluding carboxylic acids is 1. The average molecular weight is 411 g/mol. The van der Waals surface area contributed by atoms with Crippen LogP contribution < -0.4 is 10.1 Å². The number of non-ortho nitro benzene ring substituents is 1. The molecule has 30 heavy (non-hydrogen) atoms. The van der Waals surface area contributed by atoms with Crippen molar-refractivity contribution < 1.29 is 24.7 Å². The lowest BCUT2D eigenvalue weighted by Gasteiger charge is -2.22. The summed E-state index contributed by atoms with van der Waals surface area (Å²) in [7, 11) is 0. The number of phenolic OH excluding ortho intramolecular Hbond substituents is 2. The maximum absolute atomic E-state index is 12.2. The highest BCUT2D eigenvalue weighted by atomic mass is 16.6. The lowest BCUT2D eigenvalue weighted by Crippen LogP contribution is -2.28. The monoisotopic (exact) mass is 411 g/mol. The number of aromatic hydroxyl groups is 2. The van der Waals surface area contributed by atoms with Crippen molar-refractivity contribution in [3.05, 3.63) is 63.8 Å². The predicted molar refractivity (Wildman–Crippen MR) is 110 cm³/mol. The first kappa shape index (κ1) is 20.8. The topological polar surface area (TPSA) is 135 Å². The van der Waals surface area contributed by atoms with Gasteiger partial charge in [0.05, 0.1) is 23.0 Å². The van der Waals surface area contributed by atoms with Crippen molar-refractivity contribution in [2.75, 3.05) is 6.61 Å². The second kappa shape index (κ2) is 8.64. The number of carbonyl (C=O) groups is 1. The number of phenols is 2. The number of nitro benzene ring substituents is 1. The van der Waals surface area contributed by atoms with Crippen molar-refractivity contribution >= 4 is 22.5 Å². The van der Waals surface area contributed by atoms with Gasteiger partial charge in [0.2, 0.25) is 5.91 Å². The minimum Gasteiger partial charge on any atom is -0.505 e. The third kappa shape index (κ3) is 3.95. The number of nitrogens with zero attached hydrogens (tertiary/aromatic N) is 2. The fourth-order valence-electron chi connectivity index (χ4n) is 3.19. The van der Waals surface area contributed by atoms with Crippen molar-refractivity contribution in [3.63, 3.8) is 0 Å². The minimum absolute atomic E-state index is 0.0567. The molecule has 0 aliphatic rings. The zero-order valence-electron chi connectivity index (χ0n) is 16.5. The van der Waals surface area contributed by atoms with Gasteiger partial charge in [0.15, 0.2) is 11.5 Å². The molecule has 3 aromatic rings. The summed E-state index contributed by atoms with van der Waals surface area (Å²) in [6.07, 6.45) is 1.59. The van der Waals surface area contributed by atoms with Gasteiger partial charge in [0.1, 0.15) is 11.3 Å². The molecule has 1 aromatic heterocycles. The molecular formula is C21H21N3O6. The first-order valence-electron chi connectivity index (χ1n) is 9.37. The normalized spacial score (nSPS) is 11.8. The van der Waals surface area contributed by atoms with Crippen LogP contribution in [-0.2, 0) is 4.79 Å². The van der Waals surface area contributed by atoms with Gasteiger partial charge in [0, 0.05) is 24.2 Å². The summed E-state index contributed by atoms with van der Waals surface area (Å²) in [5.41, 5.74) is 0.396. The third-order valence-corrected chi connectivity index (χ3v) is 4.62. The number of benzene rings is 2. The Labute approximate surface area is 172 Å². The second-order valence-electron chi connectivity index (χ2n) is 6.50. The van der Waals surface area contributed by atoms with Crippen molar-refractivity contribution in [3.8, 4) is 17.2 Å². The summed E-state index contributed by atoms with van der Waals surface area (Å²) in [6.45, 7) is 3.73. The molecule has 0 fully saturated rings. The fraction of sp³-hybridized carbons (Fsp3) is 0.238. The highest BCUT2D eigenvalue weighted by Gasteiger charge is 2.27. The van der Waals surface area contributed by atoms with Crippen molar-refractivity contribution in [2.45, 2.75) is 26.3 Å².